The van der Waals surface area contributed by atoms with Gasteiger partial charge in [0.1, 0.15) is 5.78 Å². The quantitative estimate of drug-likeness (QED) is 0.618. The molecule has 0 bridgehead atoms. The Morgan fingerprint density at radius 3 is 3.00 bits per heavy atom. The Morgan fingerprint density at radius 2 is 2.42 bits per heavy atom. The Balaban J connectivity index is 2.48. The lowest BCUT2D eigenvalue weighted by Crippen LogP contribution is -2.27. The van der Waals surface area contributed by atoms with E-state index in [1.807, 2.05) is 6.92 Å². The summed E-state index contributed by atoms with van der Waals surface area (Å²) >= 11 is 5.01. The fourth-order valence-corrected chi connectivity index (χ4v) is 1.84. The van der Waals surface area contributed by atoms with Crippen LogP contribution in [0.5, 0.6) is 0 Å². The fraction of sp³-hybridized carbons (Fsp3) is 0.778. The van der Waals surface area contributed by atoms with Crippen molar-refractivity contribution >= 4 is 23.1 Å². The van der Waals surface area contributed by atoms with Gasteiger partial charge in [-0.15, -0.1) is 0 Å². The summed E-state index contributed by atoms with van der Waals surface area (Å²) in [7, 11) is 0. The van der Waals surface area contributed by atoms with E-state index in [9.17, 15) is 4.79 Å². The Labute approximate surface area is 78.3 Å². The SMILES string of the molecule is CCOC(=S)C1CCCCC1=O. The van der Waals surface area contributed by atoms with Crippen molar-refractivity contribution in [3.8, 4) is 0 Å². The highest BCUT2D eigenvalue weighted by Crippen LogP contribution is 2.22. The highest BCUT2D eigenvalue weighted by Gasteiger charge is 2.26. The van der Waals surface area contributed by atoms with Crippen LogP contribution in [0.4, 0.5) is 0 Å². The zero-order chi connectivity index (χ0) is 8.97. The van der Waals surface area contributed by atoms with Crippen LogP contribution >= 0.6 is 12.2 Å². The standard InChI is InChI=1S/C9H14O2S/c1-2-11-9(12)7-5-3-4-6-8(7)10/h7H,2-6H2,1H3. The van der Waals surface area contributed by atoms with E-state index in [4.69, 9.17) is 17.0 Å². The van der Waals surface area contributed by atoms with Crippen molar-refractivity contribution in [3.63, 3.8) is 0 Å². The Kier molecular flexibility index (Phi) is 3.66. The van der Waals surface area contributed by atoms with E-state index in [-0.39, 0.29) is 11.7 Å². The molecule has 0 saturated heterocycles. The molecule has 1 aliphatic rings. The molecule has 68 valence electrons. The number of hydrogen-bond donors (Lipinski definition) is 0. The van der Waals surface area contributed by atoms with Crippen LogP contribution in [0.1, 0.15) is 32.6 Å². The van der Waals surface area contributed by atoms with E-state index >= 15 is 0 Å². The summed E-state index contributed by atoms with van der Waals surface area (Å²) in [5, 5.41) is 0.502. The molecule has 0 aromatic carbocycles. The number of carbonyl (C=O) groups excluding carboxylic acids is 1. The van der Waals surface area contributed by atoms with Gasteiger partial charge < -0.3 is 4.74 Å². The number of ether oxygens (including phenoxy) is 1. The molecule has 1 saturated carbocycles. The molecule has 0 aromatic rings. The molecule has 0 spiro atoms. The van der Waals surface area contributed by atoms with E-state index in [0.29, 0.717) is 18.1 Å². The second-order valence-corrected chi connectivity index (χ2v) is 3.42. The average molecular weight is 186 g/mol. The molecule has 1 fully saturated rings. The molecule has 1 unspecified atom stereocenters. The van der Waals surface area contributed by atoms with E-state index in [1.54, 1.807) is 0 Å². The summed E-state index contributed by atoms with van der Waals surface area (Å²) in [4.78, 5) is 11.3. The number of ketones is 1. The van der Waals surface area contributed by atoms with Gasteiger partial charge in [0.25, 0.3) is 0 Å². The van der Waals surface area contributed by atoms with Gasteiger partial charge in [0, 0.05) is 6.42 Å². The summed E-state index contributed by atoms with van der Waals surface area (Å²) < 4.78 is 5.16. The molecule has 2 nitrogen and oxygen atoms in total. The number of thiocarbonyl (C=S) groups is 1. The van der Waals surface area contributed by atoms with Crippen LogP contribution in [-0.2, 0) is 9.53 Å². The van der Waals surface area contributed by atoms with Crippen molar-refractivity contribution < 1.29 is 9.53 Å². The predicted molar refractivity (Wildman–Crippen MR) is 51.2 cm³/mol. The minimum absolute atomic E-state index is 0.0892. The topological polar surface area (TPSA) is 26.3 Å². The van der Waals surface area contributed by atoms with E-state index < -0.39 is 0 Å². The molecule has 0 amide bonds. The fourth-order valence-electron chi connectivity index (χ4n) is 1.48. The molecule has 0 radical (unpaired) electrons. The molecule has 0 aromatic heterocycles. The van der Waals surface area contributed by atoms with E-state index in [2.05, 4.69) is 0 Å². The van der Waals surface area contributed by atoms with Gasteiger partial charge in [-0.05, 0) is 32.0 Å². The van der Waals surface area contributed by atoms with Crippen molar-refractivity contribution in [3.05, 3.63) is 0 Å². The Morgan fingerprint density at radius 1 is 1.67 bits per heavy atom. The third-order valence-corrected chi connectivity index (χ3v) is 2.53. The summed E-state index contributed by atoms with van der Waals surface area (Å²) in [6, 6.07) is 0. The molecule has 1 rings (SSSR count). The highest BCUT2D eigenvalue weighted by molar-refractivity contribution is 7.80. The lowest BCUT2D eigenvalue weighted by molar-refractivity contribution is -0.122. The van der Waals surface area contributed by atoms with Gasteiger partial charge in [0.05, 0.1) is 12.5 Å². The lowest BCUT2D eigenvalue weighted by Gasteiger charge is -2.20. The lowest BCUT2D eigenvalue weighted by atomic mass is 9.88. The average Bonchev–Trinajstić information content (AvgIpc) is 2.05. The first-order valence-corrected chi connectivity index (χ1v) is 4.86. The van der Waals surface area contributed by atoms with Crippen LogP contribution < -0.4 is 0 Å². The van der Waals surface area contributed by atoms with Gasteiger partial charge in [-0.3, -0.25) is 4.79 Å². The minimum Gasteiger partial charge on any atom is -0.487 e. The maximum absolute atomic E-state index is 11.3. The van der Waals surface area contributed by atoms with E-state index in [0.717, 1.165) is 19.3 Å². The Bertz CT molecular complexity index is 189. The predicted octanol–water partition coefficient (Wildman–Crippen LogP) is 2.11. The van der Waals surface area contributed by atoms with Gasteiger partial charge >= 0.3 is 0 Å². The maximum Gasteiger partial charge on any atom is 0.170 e. The molecule has 1 atom stereocenters. The third kappa shape index (κ3) is 2.27. The summed E-state index contributed by atoms with van der Waals surface area (Å²) in [5.74, 6) is 0.174. The van der Waals surface area contributed by atoms with Crippen molar-refractivity contribution in [2.45, 2.75) is 32.6 Å². The molecule has 0 aliphatic heterocycles. The number of hydrogen-bond acceptors (Lipinski definition) is 3. The largest absolute Gasteiger partial charge is 0.487 e. The monoisotopic (exact) mass is 186 g/mol. The van der Waals surface area contributed by atoms with Gasteiger partial charge in [-0.1, -0.05) is 6.42 Å². The van der Waals surface area contributed by atoms with Crippen molar-refractivity contribution in [1.29, 1.82) is 0 Å². The van der Waals surface area contributed by atoms with Crippen molar-refractivity contribution in [1.82, 2.24) is 0 Å². The number of rotatable bonds is 2. The smallest absolute Gasteiger partial charge is 0.170 e. The molecule has 12 heavy (non-hydrogen) atoms. The first kappa shape index (κ1) is 9.65. The van der Waals surface area contributed by atoms with Gasteiger partial charge in [-0.2, -0.15) is 0 Å². The molecule has 3 heteroatoms. The van der Waals surface area contributed by atoms with Crippen LogP contribution in [0.3, 0.4) is 0 Å². The van der Waals surface area contributed by atoms with Gasteiger partial charge in [0.2, 0.25) is 0 Å². The zero-order valence-electron chi connectivity index (χ0n) is 7.34. The summed E-state index contributed by atoms with van der Waals surface area (Å²) in [5.41, 5.74) is 0. The third-order valence-electron chi connectivity index (χ3n) is 2.13. The maximum atomic E-state index is 11.3. The van der Waals surface area contributed by atoms with Gasteiger partial charge in [-0.25, -0.2) is 0 Å². The second kappa shape index (κ2) is 4.55. The van der Waals surface area contributed by atoms with E-state index in [1.165, 1.54) is 0 Å². The summed E-state index contributed by atoms with van der Waals surface area (Å²) in [6.07, 6.45) is 3.68. The van der Waals surface area contributed by atoms with Crippen LogP contribution in [-0.4, -0.2) is 17.4 Å². The van der Waals surface area contributed by atoms with Crippen molar-refractivity contribution in [2.24, 2.45) is 5.92 Å². The normalized spacial score (nSPS) is 23.8. The first-order valence-electron chi connectivity index (χ1n) is 4.45. The van der Waals surface area contributed by atoms with Gasteiger partial charge in [0.15, 0.2) is 5.05 Å². The molecule has 0 N–H and O–H groups in total. The Hall–Kier alpha value is -0.440. The number of carbonyl (C=O) groups is 1. The number of Topliss-reactive ketones (excluding diaryl/α,β-unsaturated/α-hetero) is 1. The zero-order valence-corrected chi connectivity index (χ0v) is 8.15. The highest BCUT2D eigenvalue weighted by atomic mass is 32.1. The first-order chi connectivity index (χ1) is 5.75. The second-order valence-electron chi connectivity index (χ2n) is 3.02. The van der Waals surface area contributed by atoms with Crippen LogP contribution in [0.15, 0.2) is 0 Å². The van der Waals surface area contributed by atoms with Crippen molar-refractivity contribution in [2.75, 3.05) is 6.61 Å². The van der Waals surface area contributed by atoms with Crippen LogP contribution in [0.2, 0.25) is 0 Å². The molecule has 1 aliphatic carbocycles. The molecule has 0 heterocycles. The van der Waals surface area contributed by atoms with Crippen LogP contribution in [0.25, 0.3) is 0 Å². The summed E-state index contributed by atoms with van der Waals surface area (Å²) in [6.45, 7) is 2.46. The molecular formula is C9H14O2S. The minimum atomic E-state index is -0.0892. The molecular weight excluding hydrogens is 172 g/mol. The van der Waals surface area contributed by atoms with Crippen LogP contribution in [0, 0.1) is 5.92 Å².